The average molecular weight is 394 g/mol. The van der Waals surface area contributed by atoms with Gasteiger partial charge in [0.1, 0.15) is 11.3 Å². The number of halogens is 1. The minimum Gasteiger partial charge on any atom is -0.312 e. The summed E-state index contributed by atoms with van der Waals surface area (Å²) in [5.41, 5.74) is 3.22. The van der Waals surface area contributed by atoms with Crippen LogP contribution in [0.2, 0.25) is 0 Å². The highest BCUT2D eigenvalue weighted by Crippen LogP contribution is 2.31. The second-order valence-electron chi connectivity index (χ2n) is 6.77. The Kier molecular flexibility index (Phi) is 5.57. The predicted molar refractivity (Wildman–Crippen MR) is 102 cm³/mol. The van der Waals surface area contributed by atoms with Crippen LogP contribution in [-0.2, 0) is 6.54 Å². The van der Waals surface area contributed by atoms with E-state index in [-0.39, 0.29) is 0 Å². The van der Waals surface area contributed by atoms with Crippen LogP contribution in [0.3, 0.4) is 0 Å². The summed E-state index contributed by atoms with van der Waals surface area (Å²) in [5.74, 6) is 1.18. The number of rotatable bonds is 5. The van der Waals surface area contributed by atoms with Gasteiger partial charge in [0.2, 0.25) is 0 Å². The van der Waals surface area contributed by atoms with Crippen molar-refractivity contribution < 1.29 is 0 Å². The minimum atomic E-state index is 0.367. The summed E-state index contributed by atoms with van der Waals surface area (Å²) in [5, 5.41) is 3.54. The monoisotopic (exact) mass is 393 g/mol. The number of aromatic nitrogens is 3. The molecule has 1 fully saturated rings. The second-order valence-corrected chi connectivity index (χ2v) is 7.63. The van der Waals surface area contributed by atoms with E-state index in [2.05, 4.69) is 63.4 Å². The van der Waals surface area contributed by atoms with Crippen LogP contribution >= 0.6 is 15.9 Å². The first kappa shape index (κ1) is 17.8. The molecule has 132 valence electrons. The molecule has 24 heavy (non-hydrogen) atoms. The number of hydrogen-bond donors (Lipinski definition) is 1. The fourth-order valence-electron chi connectivity index (χ4n) is 3.73. The first-order valence-corrected chi connectivity index (χ1v) is 9.84. The molecule has 1 N–H and O–H groups in total. The van der Waals surface area contributed by atoms with Crippen LogP contribution in [-0.4, -0.2) is 45.1 Å². The Labute approximate surface area is 153 Å². The Hall–Kier alpha value is -0.980. The lowest BCUT2D eigenvalue weighted by Crippen LogP contribution is -2.50. The van der Waals surface area contributed by atoms with Gasteiger partial charge in [0, 0.05) is 42.9 Å². The smallest absolute Gasteiger partial charge is 0.160 e. The predicted octanol–water partition coefficient (Wildman–Crippen LogP) is 3.66. The lowest BCUT2D eigenvalue weighted by Gasteiger charge is -2.37. The number of nitrogens with zero attached hydrogens (tertiary/aromatic N) is 4. The zero-order valence-corrected chi connectivity index (χ0v) is 16.7. The number of imidazole rings is 1. The van der Waals surface area contributed by atoms with Gasteiger partial charge in [-0.1, -0.05) is 13.3 Å². The summed E-state index contributed by atoms with van der Waals surface area (Å²) in [6, 6.07) is 0.901. The van der Waals surface area contributed by atoms with Crippen molar-refractivity contribution >= 4 is 27.1 Å². The van der Waals surface area contributed by atoms with Crippen LogP contribution in [0.5, 0.6) is 0 Å². The quantitative estimate of drug-likeness (QED) is 0.841. The van der Waals surface area contributed by atoms with Crippen molar-refractivity contribution in [3.8, 4) is 0 Å². The Morgan fingerprint density at radius 1 is 1.42 bits per heavy atom. The number of pyridine rings is 1. The molecule has 0 amide bonds. The van der Waals surface area contributed by atoms with Gasteiger partial charge in [-0.05, 0) is 48.7 Å². The minimum absolute atomic E-state index is 0.367. The maximum atomic E-state index is 5.07. The summed E-state index contributed by atoms with van der Waals surface area (Å²) in [6.07, 6.45) is 4.19. The van der Waals surface area contributed by atoms with E-state index in [1.807, 2.05) is 6.20 Å². The highest BCUT2D eigenvalue weighted by Gasteiger charge is 2.29. The third-order valence-corrected chi connectivity index (χ3v) is 5.80. The van der Waals surface area contributed by atoms with Crippen molar-refractivity contribution in [1.29, 1.82) is 0 Å². The summed E-state index contributed by atoms with van der Waals surface area (Å²) < 4.78 is 3.34. The standard InChI is InChI=1S/C18H28BrN5/c1-5-7-15(23-9-8-20-12(3)11-23)17-22-16-13(4)14(19)10-21-18(16)24(17)6-2/h10,12,15,20H,5-9,11H2,1-4H3/t12-,15?/m0/s1. The van der Waals surface area contributed by atoms with Crippen molar-refractivity contribution in [2.24, 2.45) is 0 Å². The second kappa shape index (κ2) is 7.50. The summed E-state index contributed by atoms with van der Waals surface area (Å²) in [6.45, 7) is 12.9. The fourth-order valence-corrected chi connectivity index (χ4v) is 4.02. The molecule has 3 heterocycles. The molecule has 0 radical (unpaired) electrons. The summed E-state index contributed by atoms with van der Waals surface area (Å²) >= 11 is 3.59. The van der Waals surface area contributed by atoms with E-state index in [1.165, 1.54) is 11.4 Å². The molecular formula is C18H28BrN5. The van der Waals surface area contributed by atoms with Gasteiger partial charge in [0.05, 0.1) is 6.04 Å². The van der Waals surface area contributed by atoms with Crippen molar-refractivity contribution in [2.45, 2.75) is 59.2 Å². The van der Waals surface area contributed by atoms with Crippen molar-refractivity contribution in [1.82, 2.24) is 24.8 Å². The highest BCUT2D eigenvalue weighted by molar-refractivity contribution is 9.10. The van der Waals surface area contributed by atoms with Crippen LogP contribution in [0, 0.1) is 6.92 Å². The number of piperazine rings is 1. The van der Waals surface area contributed by atoms with Crippen molar-refractivity contribution in [3.63, 3.8) is 0 Å². The number of aryl methyl sites for hydroxylation is 2. The molecule has 0 saturated carbocycles. The topological polar surface area (TPSA) is 46.0 Å². The molecule has 1 saturated heterocycles. The first-order chi connectivity index (χ1) is 11.6. The van der Waals surface area contributed by atoms with Gasteiger partial charge >= 0.3 is 0 Å². The largest absolute Gasteiger partial charge is 0.312 e. The lowest BCUT2D eigenvalue weighted by atomic mass is 10.1. The van der Waals surface area contributed by atoms with E-state index in [0.29, 0.717) is 12.1 Å². The van der Waals surface area contributed by atoms with Crippen LogP contribution < -0.4 is 5.32 Å². The summed E-state index contributed by atoms with van der Waals surface area (Å²) in [4.78, 5) is 12.3. The van der Waals surface area contributed by atoms with E-state index in [9.17, 15) is 0 Å². The molecule has 1 unspecified atom stereocenters. The molecular weight excluding hydrogens is 366 g/mol. The molecule has 0 aromatic carbocycles. The average Bonchev–Trinajstić information content (AvgIpc) is 2.95. The van der Waals surface area contributed by atoms with Gasteiger partial charge in [-0.2, -0.15) is 0 Å². The molecule has 2 aromatic rings. The van der Waals surface area contributed by atoms with E-state index in [1.54, 1.807) is 0 Å². The highest BCUT2D eigenvalue weighted by atomic mass is 79.9. The van der Waals surface area contributed by atoms with Gasteiger partial charge in [-0.15, -0.1) is 0 Å². The van der Waals surface area contributed by atoms with Gasteiger partial charge in [0.25, 0.3) is 0 Å². The Bertz CT molecular complexity index is 711. The van der Waals surface area contributed by atoms with E-state index in [0.717, 1.165) is 54.7 Å². The van der Waals surface area contributed by atoms with E-state index >= 15 is 0 Å². The van der Waals surface area contributed by atoms with Crippen LogP contribution in [0.4, 0.5) is 0 Å². The van der Waals surface area contributed by atoms with Gasteiger partial charge in [0.15, 0.2) is 5.65 Å². The third-order valence-electron chi connectivity index (χ3n) is 5.00. The molecule has 5 nitrogen and oxygen atoms in total. The molecule has 1 aliphatic rings. The molecule has 0 spiro atoms. The zero-order chi connectivity index (χ0) is 17.3. The molecule has 0 aliphatic carbocycles. The molecule has 2 aromatic heterocycles. The Balaban J connectivity index is 2.08. The maximum absolute atomic E-state index is 5.07. The molecule has 0 bridgehead atoms. The normalized spacial score (nSPS) is 20.6. The van der Waals surface area contributed by atoms with Gasteiger partial charge in [-0.25, -0.2) is 9.97 Å². The van der Waals surface area contributed by atoms with Gasteiger partial charge in [-0.3, -0.25) is 4.90 Å². The van der Waals surface area contributed by atoms with Crippen LogP contribution in [0.15, 0.2) is 10.7 Å². The first-order valence-electron chi connectivity index (χ1n) is 9.05. The molecule has 6 heteroatoms. The van der Waals surface area contributed by atoms with Crippen LogP contribution in [0.25, 0.3) is 11.2 Å². The molecule has 1 aliphatic heterocycles. The summed E-state index contributed by atoms with van der Waals surface area (Å²) in [7, 11) is 0. The van der Waals surface area contributed by atoms with Crippen LogP contribution in [0.1, 0.15) is 51.0 Å². The molecule has 2 atom stereocenters. The van der Waals surface area contributed by atoms with Gasteiger partial charge < -0.3 is 9.88 Å². The molecule has 3 rings (SSSR count). The van der Waals surface area contributed by atoms with Crippen molar-refractivity contribution in [3.05, 3.63) is 22.1 Å². The number of nitrogens with one attached hydrogen (secondary N) is 1. The fraction of sp³-hybridized carbons (Fsp3) is 0.667. The third kappa shape index (κ3) is 3.24. The van der Waals surface area contributed by atoms with E-state index < -0.39 is 0 Å². The zero-order valence-electron chi connectivity index (χ0n) is 15.1. The Morgan fingerprint density at radius 3 is 2.88 bits per heavy atom. The maximum Gasteiger partial charge on any atom is 0.160 e. The van der Waals surface area contributed by atoms with Crippen molar-refractivity contribution in [2.75, 3.05) is 19.6 Å². The van der Waals surface area contributed by atoms with E-state index in [4.69, 9.17) is 4.98 Å². The lowest BCUT2D eigenvalue weighted by molar-refractivity contribution is 0.133. The number of fused-ring (bicyclic) bond motifs is 1. The SMILES string of the molecule is CCCC(c1nc2c(C)c(Br)cnc2n1CC)N1CCN[C@@H](C)C1. The number of hydrogen-bond acceptors (Lipinski definition) is 4. The Morgan fingerprint density at radius 2 is 2.21 bits per heavy atom.